The van der Waals surface area contributed by atoms with E-state index in [2.05, 4.69) is 0 Å². The summed E-state index contributed by atoms with van der Waals surface area (Å²) >= 11 is 0. The first-order valence-electron chi connectivity index (χ1n) is 7.41. The van der Waals surface area contributed by atoms with Crippen LogP contribution in [0.5, 0.6) is 17.2 Å². The van der Waals surface area contributed by atoms with E-state index in [0.29, 0.717) is 6.42 Å². The smallest absolute Gasteiger partial charge is 0.278 e. The van der Waals surface area contributed by atoms with Crippen LogP contribution in [-0.2, 0) is 11.2 Å². The highest BCUT2D eigenvalue weighted by Gasteiger charge is 2.30. The van der Waals surface area contributed by atoms with E-state index in [1.54, 1.807) is 6.92 Å². The lowest BCUT2D eigenvalue weighted by molar-refractivity contribution is -0.138. The molecule has 8 heteroatoms. The standard InChI is InChI=1S/C17H18N2O6/c1-2-9-6-12(21)8-13(22)14(9)16(24)19(18)17(25)15(23)10-4-3-5-11(20)7-10/h3-8,15,20-23H,2,18H2,1H3. The molecule has 6 N–H and O–H groups in total. The van der Waals surface area contributed by atoms with Crippen molar-refractivity contribution in [3.05, 3.63) is 53.1 Å². The monoisotopic (exact) mass is 346 g/mol. The van der Waals surface area contributed by atoms with E-state index in [9.17, 15) is 30.0 Å². The van der Waals surface area contributed by atoms with Gasteiger partial charge in [-0.05, 0) is 35.7 Å². The molecule has 0 spiro atoms. The fraction of sp³-hybridized carbons (Fsp3) is 0.176. The first kappa shape index (κ1) is 18.2. The number of phenols is 3. The van der Waals surface area contributed by atoms with Gasteiger partial charge >= 0.3 is 0 Å². The highest BCUT2D eigenvalue weighted by molar-refractivity contribution is 6.07. The van der Waals surface area contributed by atoms with Gasteiger partial charge < -0.3 is 20.4 Å². The van der Waals surface area contributed by atoms with Crippen LogP contribution in [0.2, 0.25) is 0 Å². The Morgan fingerprint density at radius 2 is 1.80 bits per heavy atom. The molecule has 25 heavy (non-hydrogen) atoms. The van der Waals surface area contributed by atoms with Gasteiger partial charge in [-0.25, -0.2) is 10.9 Å². The molecule has 1 unspecified atom stereocenters. The molecule has 0 heterocycles. The SMILES string of the molecule is CCc1cc(O)cc(O)c1C(=O)N(N)C(=O)C(O)c1cccc(O)c1. The van der Waals surface area contributed by atoms with Crippen LogP contribution in [0.4, 0.5) is 0 Å². The molecule has 0 bridgehead atoms. The van der Waals surface area contributed by atoms with E-state index in [-0.39, 0.29) is 33.2 Å². The zero-order valence-corrected chi connectivity index (χ0v) is 13.4. The minimum absolute atomic E-state index is 0.0545. The van der Waals surface area contributed by atoms with Crippen LogP contribution in [0.1, 0.15) is 34.5 Å². The number of aryl methyl sites for hydroxylation is 1. The lowest BCUT2D eigenvalue weighted by atomic mass is 10.0. The van der Waals surface area contributed by atoms with Crippen LogP contribution in [0.25, 0.3) is 0 Å². The van der Waals surface area contributed by atoms with Crippen LogP contribution in [0.3, 0.4) is 0 Å². The van der Waals surface area contributed by atoms with Crippen molar-refractivity contribution in [2.45, 2.75) is 19.4 Å². The molecule has 2 aromatic carbocycles. The van der Waals surface area contributed by atoms with Gasteiger partial charge in [0.25, 0.3) is 11.8 Å². The largest absolute Gasteiger partial charge is 0.508 e. The zero-order valence-electron chi connectivity index (χ0n) is 13.4. The first-order valence-corrected chi connectivity index (χ1v) is 7.41. The summed E-state index contributed by atoms with van der Waals surface area (Å²) in [6.07, 6.45) is -1.48. The maximum Gasteiger partial charge on any atom is 0.278 e. The Morgan fingerprint density at radius 3 is 2.40 bits per heavy atom. The number of imide groups is 1. The summed E-state index contributed by atoms with van der Waals surface area (Å²) in [5, 5.41) is 39.1. The van der Waals surface area contributed by atoms with Gasteiger partial charge in [-0.15, -0.1) is 0 Å². The maximum atomic E-state index is 12.5. The highest BCUT2D eigenvalue weighted by Crippen LogP contribution is 2.29. The van der Waals surface area contributed by atoms with Gasteiger partial charge in [0.15, 0.2) is 6.10 Å². The van der Waals surface area contributed by atoms with Crippen molar-refractivity contribution in [1.29, 1.82) is 0 Å². The molecular weight excluding hydrogens is 328 g/mol. The summed E-state index contributed by atoms with van der Waals surface area (Å²) in [4.78, 5) is 24.7. The second-order valence-electron chi connectivity index (χ2n) is 5.36. The van der Waals surface area contributed by atoms with Crippen molar-refractivity contribution in [3.8, 4) is 17.2 Å². The third-order valence-corrected chi connectivity index (χ3v) is 3.65. The molecule has 2 rings (SSSR count). The maximum absolute atomic E-state index is 12.5. The van der Waals surface area contributed by atoms with Gasteiger partial charge in [0.2, 0.25) is 0 Å². The average Bonchev–Trinajstić information content (AvgIpc) is 2.58. The molecule has 0 aliphatic rings. The van der Waals surface area contributed by atoms with Gasteiger partial charge in [-0.2, -0.15) is 0 Å². The Balaban J connectivity index is 2.32. The second-order valence-corrected chi connectivity index (χ2v) is 5.36. The minimum Gasteiger partial charge on any atom is -0.508 e. The van der Waals surface area contributed by atoms with Crippen molar-refractivity contribution >= 4 is 11.8 Å². The van der Waals surface area contributed by atoms with Crippen LogP contribution in [0, 0.1) is 0 Å². The van der Waals surface area contributed by atoms with Gasteiger partial charge in [0.1, 0.15) is 17.2 Å². The normalized spacial score (nSPS) is 11.8. The van der Waals surface area contributed by atoms with Gasteiger partial charge in [-0.1, -0.05) is 19.1 Å². The molecule has 0 aliphatic carbocycles. The number of carbonyl (C=O) groups excluding carboxylic acids is 2. The van der Waals surface area contributed by atoms with Crippen molar-refractivity contribution in [2.24, 2.45) is 5.84 Å². The number of rotatable bonds is 4. The van der Waals surface area contributed by atoms with E-state index >= 15 is 0 Å². The second kappa shape index (κ2) is 7.20. The third kappa shape index (κ3) is 3.70. The van der Waals surface area contributed by atoms with E-state index in [4.69, 9.17) is 5.84 Å². The number of hydrazine groups is 1. The predicted molar refractivity (Wildman–Crippen MR) is 87.6 cm³/mol. The fourth-order valence-corrected chi connectivity index (χ4v) is 2.38. The van der Waals surface area contributed by atoms with Gasteiger partial charge in [0, 0.05) is 6.07 Å². The first-order chi connectivity index (χ1) is 11.8. The molecule has 0 aromatic heterocycles. The van der Waals surface area contributed by atoms with Crippen molar-refractivity contribution in [1.82, 2.24) is 5.01 Å². The number of nitrogens with zero attached hydrogens (tertiary/aromatic N) is 1. The number of aliphatic hydroxyl groups is 1. The van der Waals surface area contributed by atoms with Crippen LogP contribution in [0.15, 0.2) is 36.4 Å². The van der Waals surface area contributed by atoms with Gasteiger partial charge in [0.05, 0.1) is 5.56 Å². The summed E-state index contributed by atoms with van der Waals surface area (Å²) in [5.41, 5.74) is 0.107. The molecule has 0 fully saturated rings. The third-order valence-electron chi connectivity index (χ3n) is 3.65. The molecule has 0 aliphatic heterocycles. The number of hydrogen-bond acceptors (Lipinski definition) is 7. The number of hydrogen-bond donors (Lipinski definition) is 5. The van der Waals surface area contributed by atoms with Crippen molar-refractivity contribution < 1.29 is 30.0 Å². The molecule has 2 amide bonds. The van der Waals surface area contributed by atoms with E-state index < -0.39 is 23.7 Å². The number of aliphatic hydroxyl groups excluding tert-OH is 1. The van der Waals surface area contributed by atoms with Gasteiger partial charge in [-0.3, -0.25) is 9.59 Å². The summed E-state index contributed by atoms with van der Waals surface area (Å²) in [5.74, 6) is 2.45. The Hall–Kier alpha value is -3.10. The molecule has 1 atom stereocenters. The Kier molecular flexibility index (Phi) is 5.26. The average molecular weight is 346 g/mol. The molecule has 132 valence electrons. The topological polar surface area (TPSA) is 144 Å². The number of carbonyl (C=O) groups is 2. The van der Waals surface area contributed by atoms with E-state index in [1.807, 2.05) is 0 Å². The molecule has 2 aromatic rings. The summed E-state index contributed by atoms with van der Waals surface area (Å²) in [6.45, 7) is 1.69. The minimum atomic E-state index is -1.77. The summed E-state index contributed by atoms with van der Waals surface area (Å²) in [7, 11) is 0. The number of benzene rings is 2. The zero-order chi connectivity index (χ0) is 18.7. The Morgan fingerprint density at radius 1 is 1.12 bits per heavy atom. The van der Waals surface area contributed by atoms with Crippen molar-refractivity contribution in [3.63, 3.8) is 0 Å². The molecule has 0 saturated carbocycles. The Bertz CT molecular complexity index is 821. The summed E-state index contributed by atoms with van der Waals surface area (Å²) < 4.78 is 0. The van der Waals surface area contributed by atoms with Crippen LogP contribution in [-0.4, -0.2) is 37.2 Å². The Labute approximate surface area is 143 Å². The predicted octanol–water partition coefficient (Wildman–Crippen LogP) is 0.942. The molecule has 0 saturated heterocycles. The van der Waals surface area contributed by atoms with E-state index in [0.717, 1.165) is 12.1 Å². The number of aromatic hydroxyl groups is 3. The number of amides is 2. The highest BCUT2D eigenvalue weighted by atomic mass is 16.3. The quantitative estimate of drug-likeness (QED) is 0.315. The summed E-state index contributed by atoms with van der Waals surface area (Å²) in [6, 6.07) is 7.55. The van der Waals surface area contributed by atoms with Crippen molar-refractivity contribution in [2.75, 3.05) is 0 Å². The lowest BCUT2D eigenvalue weighted by Crippen LogP contribution is -2.45. The fourth-order valence-electron chi connectivity index (χ4n) is 2.38. The lowest BCUT2D eigenvalue weighted by Gasteiger charge is -2.20. The molecular formula is C17H18N2O6. The molecule has 8 nitrogen and oxygen atoms in total. The van der Waals surface area contributed by atoms with E-state index in [1.165, 1.54) is 24.3 Å². The number of nitrogens with two attached hydrogens (primary N) is 1. The van der Waals surface area contributed by atoms with Crippen LogP contribution < -0.4 is 5.84 Å². The molecule has 0 radical (unpaired) electrons. The number of phenolic OH excluding ortho intramolecular Hbond substituents is 3. The van der Waals surface area contributed by atoms with Crippen LogP contribution >= 0.6 is 0 Å².